The van der Waals surface area contributed by atoms with E-state index < -0.39 is 26.1 Å². The number of hydrogen-bond donors (Lipinski definition) is 6. The van der Waals surface area contributed by atoms with Crippen molar-refractivity contribution in [1.82, 2.24) is 44.3 Å². The highest BCUT2D eigenvalue weighted by molar-refractivity contribution is 9.11. The molecule has 0 radical (unpaired) electrons. The molecule has 7 aliphatic rings. The van der Waals surface area contributed by atoms with Gasteiger partial charge in [-0.1, -0.05) is 44.0 Å². The molecule has 0 fully saturated rings. The molecule has 0 saturated carbocycles. The lowest BCUT2D eigenvalue weighted by molar-refractivity contribution is 0.256. The molecule has 0 spiro atoms. The Morgan fingerprint density at radius 2 is 1.21 bits per heavy atom. The predicted molar refractivity (Wildman–Crippen MR) is 271 cm³/mol. The lowest BCUT2D eigenvalue weighted by atomic mass is 9.99. The average Bonchev–Trinajstić information content (AvgIpc) is 4.16. The van der Waals surface area contributed by atoms with Crippen LogP contribution >= 0.6 is 31.9 Å². The summed E-state index contributed by atoms with van der Waals surface area (Å²) < 4.78 is 64.5. The molecule has 70 heavy (non-hydrogen) atoms. The zero-order valence-electron chi connectivity index (χ0n) is 38.6. The fourth-order valence-corrected chi connectivity index (χ4v) is 11.3. The molecule has 0 unspecified atom stereocenters. The summed E-state index contributed by atoms with van der Waals surface area (Å²) >= 11 is 6.40. The molecule has 3 aliphatic heterocycles. The molecule has 0 atom stereocenters. The van der Waals surface area contributed by atoms with Crippen molar-refractivity contribution in [1.29, 1.82) is 0 Å². The lowest BCUT2D eigenvalue weighted by Crippen LogP contribution is -2.35. The molecule has 8 N–H and O–H groups in total. The summed E-state index contributed by atoms with van der Waals surface area (Å²) in [5.74, 6) is 0.425. The van der Waals surface area contributed by atoms with Gasteiger partial charge in [-0.15, -0.1) is 0 Å². The van der Waals surface area contributed by atoms with Gasteiger partial charge in [0.15, 0.2) is 9.79 Å². The maximum Gasteiger partial charge on any atom is 0.333 e. The van der Waals surface area contributed by atoms with E-state index in [4.69, 9.17) is 20.3 Å². The van der Waals surface area contributed by atoms with E-state index in [0.29, 0.717) is 26.3 Å². The Morgan fingerprint density at radius 3 is 1.70 bits per heavy atom. The number of urea groups is 1. The number of carbonyl (C=O) groups is 1. The van der Waals surface area contributed by atoms with Crippen LogP contribution in [0.5, 0.6) is 11.8 Å². The number of fused-ring (bicyclic) bond motifs is 7. The van der Waals surface area contributed by atoms with Crippen molar-refractivity contribution in [2.24, 2.45) is 5.14 Å². The van der Waals surface area contributed by atoms with Crippen molar-refractivity contribution in [3.05, 3.63) is 110 Å². The number of nitrogens with one attached hydrogen (secondary N) is 4. The molecule has 7 heterocycles. The molecule has 4 aliphatic carbocycles. The van der Waals surface area contributed by atoms with Crippen molar-refractivity contribution in [2.75, 3.05) is 34.9 Å². The van der Waals surface area contributed by atoms with Crippen LogP contribution in [-0.4, -0.2) is 86.3 Å². The smallest absolute Gasteiger partial charge is 0.333 e. The number of amides is 2. The Balaban J connectivity index is 0.000000128. The zero-order chi connectivity index (χ0) is 49.4. The number of halogens is 2. The molecular weight excluding hydrogens is 1070 g/mol. The van der Waals surface area contributed by atoms with Crippen molar-refractivity contribution in [3.8, 4) is 11.8 Å². The van der Waals surface area contributed by atoms with Crippen LogP contribution in [0.3, 0.4) is 0 Å². The second kappa shape index (κ2) is 22.8. The molecule has 0 saturated heterocycles. The molecule has 376 valence electrons. The first-order valence-corrected chi connectivity index (χ1v) is 28.7. The van der Waals surface area contributed by atoms with Crippen LogP contribution < -0.4 is 35.9 Å². The van der Waals surface area contributed by atoms with Crippen molar-refractivity contribution < 1.29 is 31.1 Å². The number of aromatic amines is 2. The largest absolute Gasteiger partial charge is 0.475 e. The number of H-pyrrole nitrogens is 2. The van der Waals surface area contributed by atoms with E-state index in [-0.39, 0.29) is 27.1 Å². The van der Waals surface area contributed by atoms with Gasteiger partial charge in [0.1, 0.15) is 13.2 Å². The molecule has 20 nitrogen and oxygen atoms in total. The van der Waals surface area contributed by atoms with E-state index >= 15 is 0 Å². The molecule has 2 amide bonds. The number of hydrogen-bond acceptors (Lipinski definition) is 12. The summed E-state index contributed by atoms with van der Waals surface area (Å²) in [6.07, 6.45) is 21.9. The van der Waals surface area contributed by atoms with Gasteiger partial charge in [-0.3, -0.25) is 14.6 Å². The van der Waals surface area contributed by atoms with Gasteiger partial charge < -0.3 is 25.6 Å². The quantitative estimate of drug-likeness (QED) is 0.0955. The van der Waals surface area contributed by atoms with Gasteiger partial charge in [-0.2, -0.15) is 15.3 Å². The van der Waals surface area contributed by atoms with Gasteiger partial charge >= 0.3 is 6.03 Å². The Labute approximate surface area is 423 Å². The van der Waals surface area contributed by atoms with E-state index in [2.05, 4.69) is 90.3 Å². The van der Waals surface area contributed by atoms with Crippen molar-refractivity contribution in [2.45, 2.75) is 119 Å². The normalized spacial score (nSPS) is 15.9. The third-order valence-electron chi connectivity index (χ3n) is 12.8. The number of nitrogens with zero attached hydrogens (tertiary/aromatic N) is 6. The average molecular weight is 1130 g/mol. The number of aryl methyl sites for hydroxylation is 6. The minimum absolute atomic E-state index is 0.0417. The summed E-state index contributed by atoms with van der Waals surface area (Å²) in [6.45, 7) is 3.03. The van der Waals surface area contributed by atoms with Crippen LogP contribution in [0.2, 0.25) is 0 Å². The highest BCUT2D eigenvalue weighted by atomic mass is 79.9. The third kappa shape index (κ3) is 11.8. The summed E-state index contributed by atoms with van der Waals surface area (Å²) in [6, 6.07) is 7.44. The molecule has 2 aromatic carbocycles. The summed E-state index contributed by atoms with van der Waals surface area (Å²) in [4.78, 5) is 22.4. The second-order valence-corrected chi connectivity index (χ2v) is 22.1. The predicted octanol–water partition coefficient (Wildman–Crippen LogP) is 5.24. The molecule has 4 aromatic heterocycles. The topological polar surface area (TPSA) is 282 Å². The second-order valence-electron chi connectivity index (χ2n) is 17.4. The highest BCUT2D eigenvalue weighted by Crippen LogP contribution is 2.39. The Hall–Kier alpha value is -5.43. The maximum absolute atomic E-state index is 12.6. The number of sulfonamides is 2. The van der Waals surface area contributed by atoms with Gasteiger partial charge in [0.2, 0.25) is 21.8 Å². The van der Waals surface area contributed by atoms with Gasteiger partial charge in [0, 0.05) is 52.7 Å². The SMILES string of the molecule is BrCCBr.NS(=O)(=O)c1cnn2c1OCC2.Nc1c2c(cc3c1CCC3)CCC2.O=C(Nc1c2c(cc3c1CCC3)CCC2)NS(=O)(=O)c1cnn2c1OCC2.O=c1cc[nH][nH]1.c1cc2n(n1)CCC2. The lowest BCUT2D eigenvalue weighted by Gasteiger charge is -2.16. The number of carbonyl (C=O) groups excluding carboxylic acids is 1. The van der Waals surface area contributed by atoms with Crippen LogP contribution in [0.4, 0.5) is 16.2 Å². The number of ether oxygens (including phenoxy) is 2. The van der Waals surface area contributed by atoms with E-state index in [0.717, 1.165) is 78.2 Å². The van der Waals surface area contributed by atoms with E-state index in [1.165, 1.54) is 118 Å². The fraction of sp³-hybridized carbons (Fsp3) is 0.457. The summed E-state index contributed by atoms with van der Waals surface area (Å²) in [5, 5.41) is 26.6. The van der Waals surface area contributed by atoms with Crippen LogP contribution in [0.15, 0.2) is 63.6 Å². The van der Waals surface area contributed by atoms with Gasteiger partial charge in [0.25, 0.3) is 15.6 Å². The van der Waals surface area contributed by atoms with E-state index in [9.17, 15) is 26.4 Å². The third-order valence-corrected chi connectivity index (χ3v) is 16.9. The number of aromatic nitrogens is 8. The zero-order valence-corrected chi connectivity index (χ0v) is 43.4. The molecule has 13 rings (SSSR count). The maximum atomic E-state index is 12.6. The first-order chi connectivity index (χ1) is 33.7. The first-order valence-electron chi connectivity index (χ1n) is 23.4. The summed E-state index contributed by atoms with van der Waals surface area (Å²) in [7, 11) is -7.75. The summed E-state index contributed by atoms with van der Waals surface area (Å²) in [5.41, 5.74) is 20.3. The van der Waals surface area contributed by atoms with Gasteiger partial charge in [-0.05, 0) is 140 Å². The Morgan fingerprint density at radius 1 is 0.686 bits per heavy atom. The molecule has 24 heteroatoms. The molecular formula is C46H58Br2N12O8S2. The number of nitrogens with two attached hydrogens (primary N) is 2. The minimum Gasteiger partial charge on any atom is -0.475 e. The monoisotopic (exact) mass is 1130 g/mol. The molecule has 0 bridgehead atoms. The number of benzene rings is 2. The van der Waals surface area contributed by atoms with Crippen LogP contribution in [0, 0.1) is 0 Å². The standard InChI is InChI=1S/C18H20N4O4S.C12H15N.C6H8N2.C5H7N3O3S.C3H4N2O.C2H4Br2/c23-18(21-27(24,25)15-10-19-22-7-8-26-17(15)22)20-16-13-5-1-3-11(13)9-12-4-2-6-14(12)16;13-12-10-5-1-3-8(10)7-9-4-2-6-11(9)12;1-2-6-3-4-7-8(6)5-1;6-12(9,10)4-3-7-8-1-2-11-5(4)8;6-3-1-2-4-5-3;3-1-2-4/h9-10H,1-8H2,(H2,20,21,23);7H,1-6,13H2;3-4H,1-2,5H2;3H,1-2H2,(H2,6,9,10);1-2H,(H2,4,5,6);1-2H2. The van der Waals surface area contributed by atoms with E-state index in [1.54, 1.807) is 6.20 Å². The number of rotatable bonds is 5. The van der Waals surface area contributed by atoms with Gasteiger partial charge in [0.05, 0.1) is 25.5 Å². The fourth-order valence-electron chi connectivity index (χ4n) is 9.76. The number of nitrogen functional groups attached to an aromatic ring is 1. The number of alkyl halides is 2. The minimum atomic E-state index is -4.06. The first kappa shape index (κ1) is 50.9. The van der Waals surface area contributed by atoms with Crippen LogP contribution in [-0.2, 0) is 97.5 Å². The van der Waals surface area contributed by atoms with E-state index in [1.807, 2.05) is 6.20 Å². The number of anilines is 2. The Kier molecular flexibility index (Phi) is 16.6. The number of primary sulfonamides is 1. The van der Waals surface area contributed by atoms with Crippen LogP contribution in [0.25, 0.3) is 0 Å². The highest BCUT2D eigenvalue weighted by Gasteiger charge is 2.31. The Bertz CT molecular complexity index is 3000. The van der Waals surface area contributed by atoms with Crippen molar-refractivity contribution >= 4 is 69.3 Å². The van der Waals surface area contributed by atoms with Crippen molar-refractivity contribution in [3.63, 3.8) is 0 Å². The van der Waals surface area contributed by atoms with Crippen LogP contribution in [0.1, 0.15) is 82.3 Å². The van der Waals surface area contributed by atoms with Gasteiger partial charge in [-0.25, -0.2) is 40.9 Å². The molecule has 6 aromatic rings.